The monoisotopic (exact) mass is 651 g/mol. The van der Waals surface area contributed by atoms with Crippen LogP contribution in [0.2, 0.25) is 0 Å². The lowest BCUT2D eigenvalue weighted by atomic mass is 9.59. The first-order valence-corrected chi connectivity index (χ1v) is 16.9. The Bertz CT molecular complexity index is 1640. The Morgan fingerprint density at radius 2 is 1.89 bits per heavy atom. The largest absolute Gasteiger partial charge is 0.416 e. The minimum absolute atomic E-state index is 0.0235. The molecule has 0 radical (unpaired) electrons. The first-order valence-electron chi connectivity index (χ1n) is 16.0. The third kappa shape index (κ3) is 5.35. The third-order valence-corrected chi connectivity index (χ3v) is 11.2. The van der Waals surface area contributed by atoms with E-state index in [4.69, 9.17) is 0 Å². The van der Waals surface area contributed by atoms with Crippen molar-refractivity contribution in [2.45, 2.75) is 71.1 Å². The maximum atomic E-state index is 14.5. The van der Waals surface area contributed by atoms with Crippen molar-refractivity contribution in [1.29, 1.82) is 0 Å². The van der Waals surface area contributed by atoms with E-state index in [-0.39, 0.29) is 40.5 Å². The molecule has 244 valence electrons. The fraction of sp³-hybridized carbons (Fsp3) is 0.486. The fourth-order valence-corrected chi connectivity index (χ4v) is 8.77. The minimum atomic E-state index is -4.60. The number of carbonyl (C=O) groups excluding carboxylic acids is 2. The highest BCUT2D eigenvalue weighted by Gasteiger charge is 2.50. The van der Waals surface area contributed by atoms with Crippen LogP contribution in [0.1, 0.15) is 90.6 Å². The van der Waals surface area contributed by atoms with E-state index in [9.17, 15) is 22.8 Å². The predicted molar refractivity (Wildman–Crippen MR) is 173 cm³/mol. The summed E-state index contributed by atoms with van der Waals surface area (Å²) in [6, 6.07) is 10.2. The zero-order valence-corrected chi connectivity index (χ0v) is 27.5. The zero-order chi connectivity index (χ0) is 33.0. The molecule has 3 fully saturated rings. The summed E-state index contributed by atoms with van der Waals surface area (Å²) in [6.07, 6.45) is -0.616. The summed E-state index contributed by atoms with van der Waals surface area (Å²) in [5, 5.41) is 9.34. The van der Waals surface area contributed by atoms with Gasteiger partial charge < -0.3 is 9.80 Å². The Kier molecular flexibility index (Phi) is 8.38. The van der Waals surface area contributed by atoms with Gasteiger partial charge in [0.1, 0.15) is 10.5 Å². The molecular formula is C35H40F3N5O2S. The van der Waals surface area contributed by atoms with E-state index < -0.39 is 17.6 Å². The molecule has 7 rings (SSSR count). The van der Waals surface area contributed by atoms with E-state index in [1.165, 1.54) is 28.4 Å². The van der Waals surface area contributed by atoms with Crippen molar-refractivity contribution in [3.05, 3.63) is 87.4 Å². The summed E-state index contributed by atoms with van der Waals surface area (Å²) >= 11 is 1.50. The van der Waals surface area contributed by atoms with Crippen LogP contribution in [0, 0.1) is 11.3 Å². The number of amides is 2. The molecule has 3 aromatic rings. The van der Waals surface area contributed by atoms with E-state index in [1.807, 2.05) is 39.0 Å². The van der Waals surface area contributed by atoms with E-state index >= 15 is 0 Å². The van der Waals surface area contributed by atoms with Gasteiger partial charge in [-0.15, -0.1) is 21.5 Å². The SMILES string of the molecule is C=CC(=O)N1CC2(CCN([C@@H](C)c3cc4c(c(C(F)(F)F)c3)CN(c3cccc(C5(c6nncs6)CC(C)C5)c3)C4=O)C2)C1.CC. The summed E-state index contributed by atoms with van der Waals surface area (Å²) in [6.45, 7) is 14.2. The zero-order valence-electron chi connectivity index (χ0n) is 26.7. The Morgan fingerprint density at radius 3 is 2.52 bits per heavy atom. The normalized spacial score (nSPS) is 24.2. The number of aromatic nitrogens is 2. The van der Waals surface area contributed by atoms with Crippen molar-refractivity contribution in [3.8, 4) is 0 Å². The van der Waals surface area contributed by atoms with Gasteiger partial charge >= 0.3 is 6.18 Å². The molecule has 7 nitrogen and oxygen atoms in total. The molecule has 11 heteroatoms. The predicted octanol–water partition coefficient (Wildman–Crippen LogP) is 7.24. The molecular weight excluding hydrogens is 611 g/mol. The van der Waals surface area contributed by atoms with E-state index in [0.29, 0.717) is 36.8 Å². The van der Waals surface area contributed by atoms with Crippen LogP contribution in [-0.2, 0) is 22.9 Å². The minimum Gasteiger partial charge on any atom is -0.338 e. The van der Waals surface area contributed by atoms with Crippen LogP contribution in [0.3, 0.4) is 0 Å². The lowest BCUT2D eigenvalue weighted by Crippen LogP contribution is -2.59. The van der Waals surface area contributed by atoms with Crippen LogP contribution >= 0.6 is 11.3 Å². The number of nitrogens with zero attached hydrogens (tertiary/aromatic N) is 5. The molecule has 3 aliphatic heterocycles. The lowest BCUT2D eigenvalue weighted by Gasteiger charge is -2.48. The number of alkyl halides is 3. The highest BCUT2D eigenvalue weighted by molar-refractivity contribution is 7.09. The molecule has 4 heterocycles. The van der Waals surface area contributed by atoms with Crippen LogP contribution in [0.5, 0.6) is 0 Å². The number of fused-ring (bicyclic) bond motifs is 1. The number of rotatable bonds is 6. The topological polar surface area (TPSA) is 69.6 Å². The average molecular weight is 652 g/mol. The van der Waals surface area contributed by atoms with Gasteiger partial charge in [-0.1, -0.05) is 39.5 Å². The van der Waals surface area contributed by atoms with Crippen LogP contribution in [0.15, 0.2) is 54.6 Å². The summed E-state index contributed by atoms with van der Waals surface area (Å²) in [5.74, 6) is -0.000722. The molecule has 1 saturated carbocycles. The molecule has 1 aromatic heterocycles. The second kappa shape index (κ2) is 11.9. The average Bonchev–Trinajstić information content (AvgIpc) is 3.78. The van der Waals surface area contributed by atoms with Crippen molar-refractivity contribution in [2.75, 3.05) is 31.1 Å². The molecule has 0 unspecified atom stereocenters. The van der Waals surface area contributed by atoms with Gasteiger partial charge in [-0.3, -0.25) is 14.5 Å². The molecule has 2 saturated heterocycles. The number of halogens is 3. The molecule has 4 aliphatic rings. The first-order chi connectivity index (χ1) is 21.9. The molecule has 2 amide bonds. The number of hydrogen-bond donors (Lipinski definition) is 0. The molecule has 1 atom stereocenters. The van der Waals surface area contributed by atoms with Gasteiger partial charge in [-0.2, -0.15) is 13.2 Å². The van der Waals surface area contributed by atoms with Gasteiger partial charge in [0.15, 0.2) is 0 Å². The second-order valence-electron chi connectivity index (χ2n) is 13.2. The molecule has 46 heavy (non-hydrogen) atoms. The van der Waals surface area contributed by atoms with E-state index in [2.05, 4.69) is 28.6 Å². The van der Waals surface area contributed by atoms with Crippen molar-refractivity contribution < 1.29 is 22.8 Å². The molecule has 1 spiro atoms. The first kappa shape index (κ1) is 32.4. The van der Waals surface area contributed by atoms with Gasteiger partial charge in [-0.25, -0.2) is 0 Å². The standard InChI is InChI=1S/C33H34F3N5O2S.C2H6/c1-4-28(42)40-17-31(18-40)8-9-39(16-31)21(3)22-10-25-26(27(11-22)33(34,35)36)15-41(29(25)43)24-7-5-6-23(12-24)32(13-20(2)14-32)30-38-37-19-44-30;1-2/h4-7,10-12,19-21H,1,8-9,13-18H2,2-3H3;1-2H3/t20?,21-,32?;/m0./s1. The third-order valence-electron chi connectivity index (χ3n) is 10.3. The summed E-state index contributed by atoms with van der Waals surface area (Å²) in [4.78, 5) is 31.2. The molecule has 0 bridgehead atoms. The van der Waals surface area contributed by atoms with Crippen molar-refractivity contribution >= 4 is 28.8 Å². The number of anilines is 1. The summed E-state index contributed by atoms with van der Waals surface area (Å²) < 4.78 is 43.6. The van der Waals surface area contributed by atoms with Crippen LogP contribution < -0.4 is 4.90 Å². The van der Waals surface area contributed by atoms with Crippen LogP contribution in [0.25, 0.3) is 0 Å². The lowest BCUT2D eigenvalue weighted by molar-refractivity contribution is -0.138. The quantitative estimate of drug-likeness (QED) is 0.263. The molecule has 1 aliphatic carbocycles. The smallest absolute Gasteiger partial charge is 0.338 e. The van der Waals surface area contributed by atoms with Crippen LogP contribution in [0.4, 0.5) is 18.9 Å². The van der Waals surface area contributed by atoms with E-state index in [1.54, 1.807) is 22.5 Å². The Labute approximate surface area is 272 Å². The summed E-state index contributed by atoms with van der Waals surface area (Å²) in [7, 11) is 0. The van der Waals surface area contributed by atoms with Gasteiger partial charge in [-0.05, 0) is 85.7 Å². The molecule has 0 N–H and O–H groups in total. The van der Waals surface area contributed by atoms with Crippen molar-refractivity contribution in [1.82, 2.24) is 20.0 Å². The Balaban J connectivity index is 0.00000182. The van der Waals surface area contributed by atoms with Gasteiger partial charge in [0, 0.05) is 47.8 Å². The summed E-state index contributed by atoms with van der Waals surface area (Å²) in [5.41, 5.74) is 2.84. The Morgan fingerprint density at radius 1 is 1.15 bits per heavy atom. The van der Waals surface area contributed by atoms with Crippen molar-refractivity contribution in [3.63, 3.8) is 0 Å². The van der Waals surface area contributed by atoms with Crippen LogP contribution in [-0.4, -0.2) is 58.0 Å². The highest BCUT2D eigenvalue weighted by Crippen LogP contribution is 2.53. The molecule has 2 aromatic carbocycles. The number of carbonyl (C=O) groups is 2. The maximum Gasteiger partial charge on any atom is 0.416 e. The van der Waals surface area contributed by atoms with Gasteiger partial charge in [0.05, 0.1) is 12.1 Å². The van der Waals surface area contributed by atoms with Crippen molar-refractivity contribution in [2.24, 2.45) is 11.3 Å². The number of likely N-dealkylation sites (tertiary alicyclic amines) is 2. The maximum absolute atomic E-state index is 14.5. The number of hydrogen-bond acceptors (Lipinski definition) is 6. The highest BCUT2D eigenvalue weighted by atomic mass is 32.1. The van der Waals surface area contributed by atoms with Gasteiger partial charge in [0.2, 0.25) is 5.91 Å². The fourth-order valence-electron chi connectivity index (χ4n) is 7.97. The van der Waals surface area contributed by atoms with E-state index in [0.717, 1.165) is 36.4 Å². The Hall–Kier alpha value is -3.57. The second-order valence-corrected chi connectivity index (χ2v) is 14.0. The van der Waals surface area contributed by atoms with Gasteiger partial charge in [0.25, 0.3) is 5.91 Å². The number of benzene rings is 2.